The Morgan fingerprint density at radius 2 is 1.40 bits per heavy atom. The van der Waals surface area contributed by atoms with Gasteiger partial charge in [0.1, 0.15) is 11.5 Å². The standard InChI is InChI=1S/C30H35NO4/c1-29(28(33)34,25-11-7-4-8-12-25)21-30(2,35)31-19-17-24(18-20-31)27(22-9-5-3-6-10-22)23-13-15-26(32)16-14-23/h3-16,24,27,32,35H,17-21H2,1-2H3,(H,33,34). The molecule has 0 bridgehead atoms. The summed E-state index contributed by atoms with van der Waals surface area (Å²) in [6.07, 6.45) is 1.86. The lowest BCUT2D eigenvalue weighted by atomic mass is 9.74. The van der Waals surface area contributed by atoms with E-state index in [1.807, 2.05) is 53.4 Å². The molecule has 0 saturated carbocycles. The van der Waals surface area contributed by atoms with Crippen LogP contribution >= 0.6 is 0 Å². The molecule has 0 amide bonds. The van der Waals surface area contributed by atoms with Crippen molar-refractivity contribution in [3.63, 3.8) is 0 Å². The van der Waals surface area contributed by atoms with E-state index >= 15 is 0 Å². The van der Waals surface area contributed by atoms with Crippen LogP contribution in [0.15, 0.2) is 84.9 Å². The first kappa shape index (κ1) is 25.0. The van der Waals surface area contributed by atoms with Crippen molar-refractivity contribution in [2.24, 2.45) is 5.92 Å². The third-order valence-corrected chi connectivity index (χ3v) is 7.67. The number of phenols is 1. The van der Waals surface area contributed by atoms with Gasteiger partial charge in [-0.05, 0) is 61.4 Å². The van der Waals surface area contributed by atoms with Gasteiger partial charge in [-0.3, -0.25) is 9.69 Å². The molecule has 35 heavy (non-hydrogen) atoms. The van der Waals surface area contributed by atoms with Crippen molar-refractivity contribution in [3.8, 4) is 5.75 Å². The summed E-state index contributed by atoms with van der Waals surface area (Å²) in [6.45, 7) is 4.81. The van der Waals surface area contributed by atoms with E-state index in [2.05, 4.69) is 24.3 Å². The van der Waals surface area contributed by atoms with Crippen LogP contribution in [-0.2, 0) is 10.2 Å². The first-order valence-electron chi connectivity index (χ1n) is 12.3. The predicted octanol–water partition coefficient (Wildman–Crippen LogP) is 5.38. The number of carboxylic acids is 1. The van der Waals surface area contributed by atoms with Gasteiger partial charge in [0.05, 0.1) is 5.41 Å². The molecule has 3 N–H and O–H groups in total. The summed E-state index contributed by atoms with van der Waals surface area (Å²) >= 11 is 0. The fraction of sp³-hybridized carbons (Fsp3) is 0.367. The van der Waals surface area contributed by atoms with Crippen molar-refractivity contribution in [1.29, 1.82) is 0 Å². The smallest absolute Gasteiger partial charge is 0.314 e. The highest BCUT2D eigenvalue weighted by Gasteiger charge is 2.45. The zero-order valence-corrected chi connectivity index (χ0v) is 20.5. The number of aromatic hydroxyl groups is 1. The van der Waals surface area contributed by atoms with Crippen LogP contribution in [0.4, 0.5) is 0 Å². The third-order valence-electron chi connectivity index (χ3n) is 7.67. The van der Waals surface area contributed by atoms with Crippen molar-refractivity contribution in [2.75, 3.05) is 13.1 Å². The molecule has 4 rings (SSSR count). The van der Waals surface area contributed by atoms with Gasteiger partial charge in [0, 0.05) is 25.4 Å². The molecule has 3 atom stereocenters. The fourth-order valence-corrected chi connectivity index (χ4v) is 5.68. The van der Waals surface area contributed by atoms with E-state index in [0.717, 1.165) is 12.8 Å². The SMILES string of the molecule is CC(CC(C)(O)N1CCC(C(c2ccccc2)c2ccc(O)cc2)CC1)(C(=O)O)c1ccccc1. The van der Waals surface area contributed by atoms with Gasteiger partial charge in [-0.15, -0.1) is 0 Å². The topological polar surface area (TPSA) is 81.0 Å². The van der Waals surface area contributed by atoms with Gasteiger partial charge < -0.3 is 15.3 Å². The highest BCUT2D eigenvalue weighted by Crippen LogP contribution is 2.41. The second kappa shape index (κ2) is 10.2. The minimum atomic E-state index is -1.26. The molecule has 1 aliphatic heterocycles. The van der Waals surface area contributed by atoms with Crippen LogP contribution in [0.3, 0.4) is 0 Å². The molecular formula is C30H35NO4. The Kier molecular flexibility index (Phi) is 7.29. The van der Waals surface area contributed by atoms with Crippen LogP contribution in [0.5, 0.6) is 5.75 Å². The number of phenolic OH excluding ortho intramolecular Hbond substituents is 1. The maximum atomic E-state index is 12.3. The number of carboxylic acid groups (broad SMARTS) is 1. The van der Waals surface area contributed by atoms with Crippen LogP contribution in [0.25, 0.3) is 0 Å². The molecule has 0 spiro atoms. The lowest BCUT2D eigenvalue weighted by Crippen LogP contribution is -2.54. The molecule has 184 valence electrons. The molecular weight excluding hydrogens is 438 g/mol. The molecule has 1 fully saturated rings. The average molecular weight is 474 g/mol. The highest BCUT2D eigenvalue weighted by molar-refractivity contribution is 5.81. The lowest BCUT2D eigenvalue weighted by molar-refractivity contribution is -0.156. The Bertz CT molecular complexity index is 1110. The maximum absolute atomic E-state index is 12.3. The zero-order valence-electron chi connectivity index (χ0n) is 20.5. The largest absolute Gasteiger partial charge is 0.508 e. The van der Waals surface area contributed by atoms with E-state index in [1.165, 1.54) is 11.1 Å². The number of hydrogen-bond acceptors (Lipinski definition) is 4. The molecule has 3 aromatic carbocycles. The number of rotatable bonds is 8. The third kappa shape index (κ3) is 5.42. The summed E-state index contributed by atoms with van der Waals surface area (Å²) in [6, 6.07) is 27.1. The van der Waals surface area contributed by atoms with E-state index in [4.69, 9.17) is 0 Å². The monoisotopic (exact) mass is 473 g/mol. The lowest BCUT2D eigenvalue weighted by Gasteiger charge is -2.46. The van der Waals surface area contributed by atoms with E-state index in [1.54, 1.807) is 26.0 Å². The van der Waals surface area contributed by atoms with Crippen molar-refractivity contribution >= 4 is 5.97 Å². The average Bonchev–Trinajstić information content (AvgIpc) is 2.86. The number of hydrogen-bond donors (Lipinski definition) is 3. The van der Waals surface area contributed by atoms with Crippen LogP contribution in [0.2, 0.25) is 0 Å². The summed E-state index contributed by atoms with van der Waals surface area (Å²) < 4.78 is 0. The number of piperidine rings is 1. The van der Waals surface area contributed by atoms with Crippen molar-refractivity contribution in [3.05, 3.63) is 102 Å². The van der Waals surface area contributed by atoms with Gasteiger partial charge in [0.2, 0.25) is 0 Å². The number of aliphatic hydroxyl groups is 1. The number of carbonyl (C=O) groups is 1. The summed E-state index contributed by atoms with van der Waals surface area (Å²) in [5.74, 6) is -0.117. The van der Waals surface area contributed by atoms with Crippen LogP contribution in [-0.4, -0.2) is 45.0 Å². The summed E-state index contributed by atoms with van der Waals surface area (Å²) in [5, 5.41) is 31.4. The molecule has 0 radical (unpaired) electrons. The van der Waals surface area contributed by atoms with E-state index in [-0.39, 0.29) is 18.1 Å². The minimum Gasteiger partial charge on any atom is -0.508 e. The molecule has 3 aromatic rings. The molecule has 3 unspecified atom stereocenters. The van der Waals surface area contributed by atoms with Crippen molar-refractivity contribution < 1.29 is 20.1 Å². The zero-order chi connectivity index (χ0) is 25.1. The summed E-state index contributed by atoms with van der Waals surface area (Å²) in [4.78, 5) is 14.3. The van der Waals surface area contributed by atoms with Gasteiger partial charge in [-0.2, -0.15) is 0 Å². The van der Waals surface area contributed by atoms with E-state index in [9.17, 15) is 20.1 Å². The molecule has 5 heteroatoms. The van der Waals surface area contributed by atoms with Crippen molar-refractivity contribution in [1.82, 2.24) is 4.90 Å². The van der Waals surface area contributed by atoms with Gasteiger partial charge in [0.15, 0.2) is 0 Å². The second-order valence-electron chi connectivity index (χ2n) is 10.2. The molecule has 5 nitrogen and oxygen atoms in total. The van der Waals surface area contributed by atoms with E-state index < -0.39 is 17.1 Å². The molecule has 1 heterocycles. The molecule has 1 saturated heterocycles. The number of likely N-dealkylation sites (tertiary alicyclic amines) is 1. The maximum Gasteiger partial charge on any atom is 0.314 e. The quantitative estimate of drug-likeness (QED) is 0.409. The molecule has 0 aliphatic carbocycles. The van der Waals surface area contributed by atoms with Crippen LogP contribution in [0.1, 0.15) is 55.7 Å². The first-order chi connectivity index (χ1) is 16.7. The molecule has 0 aromatic heterocycles. The van der Waals surface area contributed by atoms with Crippen molar-refractivity contribution in [2.45, 2.75) is 50.2 Å². The summed E-state index contributed by atoms with van der Waals surface area (Å²) in [5.41, 5.74) is 0.654. The van der Waals surface area contributed by atoms with Gasteiger partial charge in [0.25, 0.3) is 0 Å². The van der Waals surface area contributed by atoms with Gasteiger partial charge >= 0.3 is 5.97 Å². The van der Waals surface area contributed by atoms with Gasteiger partial charge in [-0.25, -0.2) is 0 Å². The Labute approximate surface area is 207 Å². The van der Waals surface area contributed by atoms with Gasteiger partial charge in [-0.1, -0.05) is 72.8 Å². The minimum absolute atomic E-state index is 0.101. The number of aliphatic carboxylic acids is 1. The Morgan fingerprint density at radius 3 is 1.94 bits per heavy atom. The van der Waals surface area contributed by atoms with Crippen LogP contribution < -0.4 is 0 Å². The molecule has 1 aliphatic rings. The second-order valence-corrected chi connectivity index (χ2v) is 10.2. The Morgan fingerprint density at radius 1 is 0.886 bits per heavy atom. The Balaban J connectivity index is 1.52. The first-order valence-corrected chi connectivity index (χ1v) is 12.3. The predicted molar refractivity (Wildman–Crippen MR) is 137 cm³/mol. The number of nitrogens with zero attached hydrogens (tertiary/aromatic N) is 1. The number of benzene rings is 3. The normalized spacial score (nSPS) is 19.4. The Hall–Kier alpha value is -3.15. The van der Waals surface area contributed by atoms with E-state index in [0.29, 0.717) is 24.6 Å². The van der Waals surface area contributed by atoms with Crippen LogP contribution in [0, 0.1) is 5.92 Å². The summed E-state index contributed by atoms with van der Waals surface area (Å²) in [7, 11) is 0. The highest BCUT2D eigenvalue weighted by atomic mass is 16.4. The fourth-order valence-electron chi connectivity index (χ4n) is 5.68.